The molecule has 0 atom stereocenters. The molecule has 0 aliphatic rings. The SMILES string of the molecule is O=C(COC(=O)c1cc2ccccc2oc1=O)Nc1ccccc1C(=O)c1ccccc1. The first-order valence-corrected chi connectivity index (χ1v) is 9.71. The van der Waals surface area contributed by atoms with Gasteiger partial charge in [0.2, 0.25) is 0 Å². The number of ketones is 1. The van der Waals surface area contributed by atoms with Gasteiger partial charge in [-0.25, -0.2) is 9.59 Å². The number of rotatable bonds is 6. The average Bonchev–Trinajstić information content (AvgIpc) is 2.82. The van der Waals surface area contributed by atoms with E-state index in [0.717, 1.165) is 0 Å². The topological polar surface area (TPSA) is 103 Å². The van der Waals surface area contributed by atoms with Crippen molar-refractivity contribution in [2.24, 2.45) is 0 Å². The van der Waals surface area contributed by atoms with Gasteiger partial charge in [0.15, 0.2) is 12.4 Å². The van der Waals surface area contributed by atoms with Crippen molar-refractivity contribution in [3.05, 3.63) is 112 Å². The Hall–Kier alpha value is -4.52. The highest BCUT2D eigenvalue weighted by Gasteiger charge is 2.18. The quantitative estimate of drug-likeness (QED) is 0.285. The fraction of sp³-hybridized carbons (Fsp3) is 0.0400. The van der Waals surface area contributed by atoms with E-state index in [1.807, 2.05) is 0 Å². The Kier molecular flexibility index (Phi) is 5.89. The van der Waals surface area contributed by atoms with Gasteiger partial charge in [-0.05, 0) is 24.3 Å². The van der Waals surface area contributed by atoms with Crippen LogP contribution >= 0.6 is 0 Å². The first kappa shape index (κ1) is 20.7. The fourth-order valence-corrected chi connectivity index (χ4v) is 3.13. The molecule has 7 nitrogen and oxygen atoms in total. The lowest BCUT2D eigenvalue weighted by molar-refractivity contribution is -0.119. The normalized spacial score (nSPS) is 10.5. The molecule has 4 aromatic rings. The first-order valence-electron chi connectivity index (χ1n) is 9.71. The van der Waals surface area contributed by atoms with E-state index < -0.39 is 24.1 Å². The predicted octanol–water partition coefficient (Wildman–Crippen LogP) is 3.82. The van der Waals surface area contributed by atoms with Gasteiger partial charge in [0, 0.05) is 16.5 Å². The summed E-state index contributed by atoms with van der Waals surface area (Å²) >= 11 is 0. The third-order valence-electron chi connectivity index (χ3n) is 4.68. The van der Waals surface area contributed by atoms with E-state index in [4.69, 9.17) is 9.15 Å². The Bertz CT molecular complexity index is 1370. The lowest BCUT2D eigenvalue weighted by atomic mass is 10.0. The summed E-state index contributed by atoms with van der Waals surface area (Å²) in [5.41, 5.74) is 0.236. The molecule has 1 N–H and O–H groups in total. The molecule has 1 heterocycles. The largest absolute Gasteiger partial charge is 0.452 e. The van der Waals surface area contributed by atoms with E-state index in [1.165, 1.54) is 6.07 Å². The van der Waals surface area contributed by atoms with Gasteiger partial charge in [-0.15, -0.1) is 0 Å². The number of carbonyl (C=O) groups excluding carboxylic acids is 3. The maximum Gasteiger partial charge on any atom is 0.351 e. The zero-order valence-electron chi connectivity index (χ0n) is 16.7. The number of esters is 1. The van der Waals surface area contributed by atoms with Crippen LogP contribution in [0.15, 0.2) is 94.1 Å². The van der Waals surface area contributed by atoms with E-state index >= 15 is 0 Å². The molecule has 0 saturated heterocycles. The molecule has 7 heteroatoms. The van der Waals surface area contributed by atoms with E-state index in [0.29, 0.717) is 22.1 Å². The van der Waals surface area contributed by atoms with Gasteiger partial charge in [-0.3, -0.25) is 9.59 Å². The lowest BCUT2D eigenvalue weighted by Crippen LogP contribution is -2.24. The first-order chi connectivity index (χ1) is 15.5. The number of nitrogens with one attached hydrogen (secondary N) is 1. The molecule has 158 valence electrons. The molecule has 0 bridgehead atoms. The van der Waals surface area contributed by atoms with Gasteiger partial charge >= 0.3 is 11.6 Å². The molecule has 0 spiro atoms. The third kappa shape index (κ3) is 4.46. The number of hydrogen-bond donors (Lipinski definition) is 1. The minimum Gasteiger partial charge on any atom is -0.452 e. The average molecular weight is 427 g/mol. The summed E-state index contributed by atoms with van der Waals surface area (Å²) in [5, 5.41) is 3.13. The van der Waals surface area contributed by atoms with Gasteiger partial charge in [-0.1, -0.05) is 60.7 Å². The van der Waals surface area contributed by atoms with Crippen LogP contribution in [0.25, 0.3) is 11.0 Å². The molecule has 0 aliphatic carbocycles. The van der Waals surface area contributed by atoms with E-state index in [2.05, 4.69) is 5.32 Å². The zero-order chi connectivity index (χ0) is 22.5. The van der Waals surface area contributed by atoms with Crippen LogP contribution in [0.4, 0.5) is 5.69 Å². The van der Waals surface area contributed by atoms with Gasteiger partial charge in [0.05, 0.1) is 5.69 Å². The van der Waals surface area contributed by atoms with Crippen LogP contribution in [0, 0.1) is 0 Å². The summed E-state index contributed by atoms with van der Waals surface area (Å²) in [6.07, 6.45) is 0. The summed E-state index contributed by atoms with van der Waals surface area (Å²) in [5.74, 6) is -1.89. The predicted molar refractivity (Wildman–Crippen MR) is 118 cm³/mol. The maximum absolute atomic E-state index is 12.8. The molecule has 0 unspecified atom stereocenters. The highest BCUT2D eigenvalue weighted by atomic mass is 16.5. The van der Waals surface area contributed by atoms with Gasteiger partial charge in [0.25, 0.3) is 5.91 Å². The van der Waals surface area contributed by atoms with Crippen LogP contribution in [0.3, 0.4) is 0 Å². The molecule has 32 heavy (non-hydrogen) atoms. The molecule has 0 fully saturated rings. The highest BCUT2D eigenvalue weighted by Crippen LogP contribution is 2.19. The molecule has 0 radical (unpaired) electrons. The molecular weight excluding hydrogens is 410 g/mol. The number of fused-ring (bicyclic) bond motifs is 1. The van der Waals surface area contributed by atoms with Gasteiger partial charge < -0.3 is 14.5 Å². The van der Waals surface area contributed by atoms with E-state index in [9.17, 15) is 19.2 Å². The Balaban J connectivity index is 1.45. The number of anilines is 1. The number of hydrogen-bond acceptors (Lipinski definition) is 6. The standard InChI is InChI=1S/C25H17NO6/c27-22(15-31-24(29)19-14-17-10-4-7-13-21(17)32-25(19)30)26-20-12-6-5-11-18(20)23(28)16-8-2-1-3-9-16/h1-14H,15H2,(H,26,27). The number of para-hydroxylation sites is 2. The van der Waals surface area contributed by atoms with Crippen molar-refractivity contribution >= 4 is 34.3 Å². The zero-order valence-corrected chi connectivity index (χ0v) is 16.7. The Morgan fingerprint density at radius 3 is 2.31 bits per heavy atom. The molecule has 3 aromatic carbocycles. The second kappa shape index (κ2) is 9.09. The molecule has 0 aliphatic heterocycles. The number of carbonyl (C=O) groups is 3. The van der Waals surface area contributed by atoms with Crippen molar-refractivity contribution in [3.8, 4) is 0 Å². The Morgan fingerprint density at radius 1 is 0.812 bits per heavy atom. The van der Waals surface area contributed by atoms with Crippen molar-refractivity contribution in [2.45, 2.75) is 0 Å². The fourth-order valence-electron chi connectivity index (χ4n) is 3.13. The minimum absolute atomic E-state index is 0.257. The van der Waals surface area contributed by atoms with Crippen molar-refractivity contribution in [1.82, 2.24) is 0 Å². The second-order valence-corrected chi connectivity index (χ2v) is 6.85. The maximum atomic E-state index is 12.8. The van der Waals surface area contributed by atoms with Crippen molar-refractivity contribution in [2.75, 3.05) is 11.9 Å². The third-order valence-corrected chi connectivity index (χ3v) is 4.68. The van der Waals surface area contributed by atoms with Crippen LogP contribution in [-0.4, -0.2) is 24.3 Å². The van der Waals surface area contributed by atoms with Crippen LogP contribution in [0.1, 0.15) is 26.3 Å². The Morgan fingerprint density at radius 2 is 1.50 bits per heavy atom. The smallest absolute Gasteiger partial charge is 0.351 e. The van der Waals surface area contributed by atoms with E-state index in [1.54, 1.807) is 78.9 Å². The van der Waals surface area contributed by atoms with Crippen LogP contribution in [0.2, 0.25) is 0 Å². The summed E-state index contributed by atoms with van der Waals surface area (Å²) in [4.78, 5) is 49.5. The molecule has 1 amide bonds. The van der Waals surface area contributed by atoms with Gasteiger partial charge in [0.1, 0.15) is 11.1 Å². The lowest BCUT2D eigenvalue weighted by Gasteiger charge is -2.11. The summed E-state index contributed by atoms with van der Waals surface area (Å²) in [6, 6.07) is 23.3. The molecule has 4 rings (SSSR count). The van der Waals surface area contributed by atoms with Crippen molar-refractivity contribution in [3.63, 3.8) is 0 Å². The molecule has 1 aromatic heterocycles. The van der Waals surface area contributed by atoms with Crippen LogP contribution in [0.5, 0.6) is 0 Å². The molecule has 0 saturated carbocycles. The van der Waals surface area contributed by atoms with Crippen LogP contribution in [-0.2, 0) is 9.53 Å². The summed E-state index contributed by atoms with van der Waals surface area (Å²) in [6.45, 7) is -0.640. The Labute approximate surface area is 182 Å². The number of ether oxygens (including phenoxy) is 1. The second-order valence-electron chi connectivity index (χ2n) is 6.85. The number of amides is 1. The summed E-state index contributed by atoms with van der Waals surface area (Å²) in [7, 11) is 0. The van der Waals surface area contributed by atoms with E-state index in [-0.39, 0.29) is 17.0 Å². The number of benzene rings is 3. The van der Waals surface area contributed by atoms with Crippen molar-refractivity contribution < 1.29 is 23.5 Å². The summed E-state index contributed by atoms with van der Waals surface area (Å²) < 4.78 is 10.1. The van der Waals surface area contributed by atoms with Crippen LogP contribution < -0.4 is 10.9 Å². The van der Waals surface area contributed by atoms with Gasteiger partial charge in [-0.2, -0.15) is 0 Å². The molecular formula is C25H17NO6. The monoisotopic (exact) mass is 427 g/mol. The van der Waals surface area contributed by atoms with Crippen molar-refractivity contribution in [1.29, 1.82) is 0 Å². The minimum atomic E-state index is -0.978. The highest BCUT2D eigenvalue weighted by molar-refractivity contribution is 6.14.